The van der Waals surface area contributed by atoms with Gasteiger partial charge in [-0.1, -0.05) is 45.9 Å². The number of halogens is 2. The van der Waals surface area contributed by atoms with Crippen molar-refractivity contribution in [2.75, 3.05) is 0 Å². The Kier molecular flexibility index (Phi) is 7.55. The highest BCUT2D eigenvalue weighted by Crippen LogP contribution is 2.43. The molecule has 0 amide bonds. The summed E-state index contributed by atoms with van der Waals surface area (Å²) in [6, 6.07) is 15.2. The summed E-state index contributed by atoms with van der Waals surface area (Å²) in [6.45, 7) is 10.4. The molecule has 0 heterocycles. The van der Waals surface area contributed by atoms with Crippen molar-refractivity contribution in [3.63, 3.8) is 0 Å². The molecule has 31 heavy (non-hydrogen) atoms. The van der Waals surface area contributed by atoms with Gasteiger partial charge in [0.2, 0.25) is 0 Å². The molecule has 3 rings (SSSR count). The molecule has 0 aliphatic heterocycles. The van der Waals surface area contributed by atoms with E-state index in [1.54, 1.807) is 43.0 Å². The lowest BCUT2D eigenvalue weighted by Gasteiger charge is -2.27. The third-order valence-corrected chi connectivity index (χ3v) is 6.57. The average molecular weight is 441 g/mol. The summed E-state index contributed by atoms with van der Waals surface area (Å²) in [5, 5.41) is 10.8. The van der Waals surface area contributed by atoms with Crippen LogP contribution in [-0.4, -0.2) is 5.11 Å². The van der Waals surface area contributed by atoms with E-state index >= 15 is 0 Å². The Morgan fingerprint density at radius 1 is 0.774 bits per heavy atom. The number of hydrogen-bond donors (Lipinski definition) is 1. The largest absolute Gasteiger partial charge is 0.389 e. The fourth-order valence-electron chi connectivity index (χ4n) is 4.01. The SMILES string of the molecule is CC(C)c1cc(C(C)C)c(C(C)O)c(-c2ccc(F)cc2)c1CSc1ccc(F)cc1. The minimum atomic E-state index is -0.659. The maximum absolute atomic E-state index is 13.7. The van der Waals surface area contributed by atoms with E-state index in [0.717, 1.165) is 32.7 Å². The van der Waals surface area contributed by atoms with Crippen molar-refractivity contribution < 1.29 is 13.9 Å². The van der Waals surface area contributed by atoms with Crippen molar-refractivity contribution in [2.24, 2.45) is 0 Å². The fraction of sp³-hybridized carbons (Fsp3) is 0.333. The van der Waals surface area contributed by atoms with E-state index in [-0.39, 0.29) is 23.5 Å². The molecule has 0 radical (unpaired) electrons. The number of thioether (sulfide) groups is 1. The van der Waals surface area contributed by atoms with Crippen LogP contribution in [0.3, 0.4) is 0 Å². The Labute approximate surface area is 188 Å². The first-order valence-electron chi connectivity index (χ1n) is 10.7. The van der Waals surface area contributed by atoms with Crippen molar-refractivity contribution in [3.8, 4) is 11.1 Å². The minimum absolute atomic E-state index is 0.236. The molecule has 1 unspecified atom stereocenters. The number of aliphatic hydroxyl groups is 1. The molecule has 0 saturated heterocycles. The third kappa shape index (κ3) is 5.36. The third-order valence-electron chi connectivity index (χ3n) is 5.53. The van der Waals surface area contributed by atoms with E-state index in [1.165, 1.54) is 29.8 Å². The monoisotopic (exact) mass is 440 g/mol. The van der Waals surface area contributed by atoms with E-state index in [1.807, 2.05) is 0 Å². The van der Waals surface area contributed by atoms with Crippen LogP contribution >= 0.6 is 11.8 Å². The van der Waals surface area contributed by atoms with Crippen molar-refractivity contribution >= 4 is 11.8 Å². The maximum Gasteiger partial charge on any atom is 0.123 e. The molecule has 1 nitrogen and oxygen atoms in total. The zero-order valence-corrected chi connectivity index (χ0v) is 19.6. The van der Waals surface area contributed by atoms with Gasteiger partial charge in [-0.15, -0.1) is 11.8 Å². The van der Waals surface area contributed by atoms with Crippen molar-refractivity contribution in [3.05, 3.63) is 88.5 Å². The van der Waals surface area contributed by atoms with Crippen molar-refractivity contribution in [1.82, 2.24) is 0 Å². The lowest BCUT2D eigenvalue weighted by Crippen LogP contribution is -2.10. The summed E-state index contributed by atoms with van der Waals surface area (Å²) in [4.78, 5) is 0.979. The normalized spacial score (nSPS) is 12.6. The van der Waals surface area contributed by atoms with Gasteiger partial charge in [0.15, 0.2) is 0 Å². The second-order valence-electron chi connectivity index (χ2n) is 8.56. The molecule has 1 atom stereocenters. The molecule has 0 aliphatic rings. The lowest BCUT2D eigenvalue weighted by atomic mass is 9.80. The molecular formula is C27H30F2OS. The van der Waals surface area contributed by atoms with Gasteiger partial charge in [-0.3, -0.25) is 0 Å². The van der Waals surface area contributed by atoms with Crippen molar-refractivity contribution in [2.45, 2.75) is 63.2 Å². The summed E-state index contributed by atoms with van der Waals surface area (Å²) in [7, 11) is 0. The van der Waals surface area contributed by atoms with Gasteiger partial charge in [-0.25, -0.2) is 8.78 Å². The molecule has 1 N–H and O–H groups in total. The second kappa shape index (κ2) is 9.97. The Morgan fingerprint density at radius 3 is 1.77 bits per heavy atom. The Morgan fingerprint density at radius 2 is 1.29 bits per heavy atom. The zero-order chi connectivity index (χ0) is 22.7. The number of hydrogen-bond acceptors (Lipinski definition) is 2. The van der Waals surface area contributed by atoms with Gasteiger partial charge in [-0.05, 0) is 88.5 Å². The Hall–Kier alpha value is -2.17. The van der Waals surface area contributed by atoms with Crippen LogP contribution in [0.15, 0.2) is 59.5 Å². The van der Waals surface area contributed by atoms with Gasteiger partial charge in [-0.2, -0.15) is 0 Å². The first-order valence-corrected chi connectivity index (χ1v) is 11.7. The first kappa shape index (κ1) is 23.5. The van der Waals surface area contributed by atoms with E-state index in [2.05, 4.69) is 33.8 Å². The van der Waals surface area contributed by atoms with E-state index in [9.17, 15) is 13.9 Å². The highest BCUT2D eigenvalue weighted by molar-refractivity contribution is 7.98. The predicted molar refractivity (Wildman–Crippen MR) is 127 cm³/mol. The molecular weight excluding hydrogens is 410 g/mol. The van der Waals surface area contributed by atoms with Crippen LogP contribution in [-0.2, 0) is 5.75 Å². The molecule has 3 aromatic rings. The van der Waals surface area contributed by atoms with Crippen LogP contribution in [0.5, 0.6) is 0 Å². The molecule has 0 saturated carbocycles. The highest BCUT2D eigenvalue weighted by Gasteiger charge is 2.24. The van der Waals surface area contributed by atoms with Gasteiger partial charge < -0.3 is 5.11 Å². The van der Waals surface area contributed by atoms with Crippen LogP contribution in [0.2, 0.25) is 0 Å². The molecule has 0 aromatic heterocycles. The first-order chi connectivity index (χ1) is 14.7. The van der Waals surface area contributed by atoms with E-state index in [4.69, 9.17) is 0 Å². The van der Waals surface area contributed by atoms with Gasteiger partial charge in [0, 0.05) is 10.6 Å². The fourth-order valence-corrected chi connectivity index (χ4v) is 4.97. The van der Waals surface area contributed by atoms with Crippen LogP contribution in [0, 0.1) is 11.6 Å². The van der Waals surface area contributed by atoms with Crippen LogP contribution in [0.4, 0.5) is 8.78 Å². The molecule has 0 bridgehead atoms. The lowest BCUT2D eigenvalue weighted by molar-refractivity contribution is 0.198. The summed E-state index contributed by atoms with van der Waals surface area (Å²) >= 11 is 1.64. The summed E-state index contributed by atoms with van der Waals surface area (Å²) in [6.07, 6.45) is -0.659. The highest BCUT2D eigenvalue weighted by atomic mass is 32.2. The maximum atomic E-state index is 13.7. The predicted octanol–water partition coefficient (Wildman–Crippen LogP) is 8.22. The smallest absolute Gasteiger partial charge is 0.123 e. The minimum Gasteiger partial charge on any atom is -0.389 e. The van der Waals surface area contributed by atoms with Crippen molar-refractivity contribution in [1.29, 1.82) is 0 Å². The van der Waals surface area contributed by atoms with Gasteiger partial charge in [0.25, 0.3) is 0 Å². The zero-order valence-electron chi connectivity index (χ0n) is 18.7. The topological polar surface area (TPSA) is 20.2 Å². The number of benzene rings is 3. The number of rotatable bonds is 7. The number of aliphatic hydroxyl groups excluding tert-OH is 1. The molecule has 4 heteroatoms. The van der Waals surface area contributed by atoms with Crippen LogP contribution in [0.1, 0.15) is 74.8 Å². The molecule has 0 fully saturated rings. The quantitative estimate of drug-likeness (QED) is 0.373. The van der Waals surface area contributed by atoms with Crippen LogP contribution < -0.4 is 0 Å². The molecule has 0 spiro atoms. The van der Waals surface area contributed by atoms with Gasteiger partial charge in [0.05, 0.1) is 6.10 Å². The summed E-state index contributed by atoms with van der Waals surface area (Å²) < 4.78 is 27.0. The van der Waals surface area contributed by atoms with E-state index < -0.39 is 6.10 Å². The van der Waals surface area contributed by atoms with Crippen LogP contribution in [0.25, 0.3) is 11.1 Å². The molecule has 164 valence electrons. The summed E-state index contributed by atoms with van der Waals surface area (Å²) in [5.74, 6) is 0.651. The summed E-state index contributed by atoms with van der Waals surface area (Å²) in [5.41, 5.74) is 6.27. The standard InChI is InChI=1S/C27H30F2OS/c1-16(2)23-14-24(17(3)4)26(18(5)30)27(19-6-8-20(28)9-7-19)25(23)15-31-22-12-10-21(29)11-13-22/h6-14,16-18,30H,15H2,1-5H3. The second-order valence-corrected chi connectivity index (χ2v) is 9.61. The average Bonchev–Trinajstić information content (AvgIpc) is 2.72. The molecule has 0 aliphatic carbocycles. The van der Waals surface area contributed by atoms with Gasteiger partial charge >= 0.3 is 0 Å². The van der Waals surface area contributed by atoms with Gasteiger partial charge in [0.1, 0.15) is 11.6 Å². The van der Waals surface area contributed by atoms with E-state index in [0.29, 0.717) is 5.75 Å². The Bertz CT molecular complexity index is 1020. The molecule has 3 aromatic carbocycles. The Balaban J connectivity index is 2.25.